The van der Waals surface area contributed by atoms with Gasteiger partial charge < -0.3 is 19.2 Å². The lowest BCUT2D eigenvalue weighted by Crippen LogP contribution is -2.53. The molecule has 1 aromatic carbocycles. The largest absolute Gasteiger partial charge is 0.468 e. The van der Waals surface area contributed by atoms with Crippen molar-refractivity contribution in [3.8, 4) is 11.5 Å². The summed E-state index contributed by atoms with van der Waals surface area (Å²) in [5.41, 5.74) is 1.00. The van der Waals surface area contributed by atoms with Gasteiger partial charge in [-0.1, -0.05) is 6.07 Å². The maximum Gasteiger partial charge on any atom is 0.237 e. The SMILES string of the molecule is CC(C(=O)NCc1ccc2c(c1)OCO2)N1CCN(Cc2ccco2)CC1. The molecule has 2 aromatic rings. The Balaban J connectivity index is 1.23. The zero-order chi connectivity index (χ0) is 18.6. The van der Waals surface area contributed by atoms with Crippen molar-refractivity contribution in [1.82, 2.24) is 15.1 Å². The minimum Gasteiger partial charge on any atom is -0.468 e. The Morgan fingerprint density at radius 2 is 1.96 bits per heavy atom. The van der Waals surface area contributed by atoms with Crippen molar-refractivity contribution in [1.29, 1.82) is 0 Å². The molecule has 2 aliphatic rings. The summed E-state index contributed by atoms with van der Waals surface area (Å²) >= 11 is 0. The van der Waals surface area contributed by atoms with Crippen LogP contribution in [-0.4, -0.2) is 54.7 Å². The van der Waals surface area contributed by atoms with Crippen LogP contribution in [0.5, 0.6) is 11.5 Å². The number of piperazine rings is 1. The van der Waals surface area contributed by atoms with E-state index in [0.29, 0.717) is 6.54 Å². The van der Waals surface area contributed by atoms with Gasteiger partial charge in [-0.15, -0.1) is 0 Å². The lowest BCUT2D eigenvalue weighted by molar-refractivity contribution is -0.126. The standard InChI is InChI=1S/C20H25N3O4/c1-15(23-8-6-22(7-9-23)13-17-3-2-10-25-17)20(24)21-12-16-4-5-18-19(11-16)27-14-26-18/h2-5,10-11,15H,6-9,12-14H2,1H3,(H,21,24). The molecule has 0 radical (unpaired) electrons. The highest BCUT2D eigenvalue weighted by molar-refractivity contribution is 5.81. The highest BCUT2D eigenvalue weighted by atomic mass is 16.7. The molecule has 1 atom stereocenters. The van der Waals surface area contributed by atoms with E-state index in [-0.39, 0.29) is 18.7 Å². The van der Waals surface area contributed by atoms with E-state index in [2.05, 4.69) is 15.1 Å². The fourth-order valence-electron chi connectivity index (χ4n) is 3.49. The highest BCUT2D eigenvalue weighted by Gasteiger charge is 2.25. The van der Waals surface area contributed by atoms with Gasteiger partial charge in [0.2, 0.25) is 12.7 Å². The zero-order valence-electron chi connectivity index (χ0n) is 15.5. The summed E-state index contributed by atoms with van der Waals surface area (Å²) in [5, 5.41) is 3.03. The summed E-state index contributed by atoms with van der Waals surface area (Å²) in [6.07, 6.45) is 1.71. The van der Waals surface area contributed by atoms with E-state index in [0.717, 1.165) is 55.5 Å². The van der Waals surface area contributed by atoms with Gasteiger partial charge in [-0.3, -0.25) is 14.6 Å². The molecule has 0 bridgehead atoms. The smallest absolute Gasteiger partial charge is 0.237 e. The number of ether oxygens (including phenoxy) is 2. The van der Waals surface area contributed by atoms with Crippen molar-refractivity contribution >= 4 is 5.91 Å². The molecule has 27 heavy (non-hydrogen) atoms. The molecule has 1 fully saturated rings. The predicted octanol–water partition coefficient (Wildman–Crippen LogP) is 1.83. The van der Waals surface area contributed by atoms with E-state index in [4.69, 9.17) is 13.9 Å². The molecule has 1 saturated heterocycles. The normalized spacial score (nSPS) is 18.4. The maximum atomic E-state index is 12.5. The number of rotatable bonds is 6. The number of nitrogens with zero attached hydrogens (tertiary/aromatic N) is 2. The van der Waals surface area contributed by atoms with Gasteiger partial charge in [0, 0.05) is 32.7 Å². The number of hydrogen-bond donors (Lipinski definition) is 1. The molecule has 4 rings (SSSR count). The second-order valence-corrected chi connectivity index (χ2v) is 6.97. The molecule has 7 heteroatoms. The van der Waals surface area contributed by atoms with Gasteiger partial charge in [-0.2, -0.15) is 0 Å². The molecule has 2 aliphatic heterocycles. The fourth-order valence-corrected chi connectivity index (χ4v) is 3.49. The van der Waals surface area contributed by atoms with Crippen LogP contribution in [-0.2, 0) is 17.9 Å². The van der Waals surface area contributed by atoms with Crippen molar-refractivity contribution in [2.24, 2.45) is 0 Å². The number of benzene rings is 1. The number of nitrogens with one attached hydrogen (secondary N) is 1. The fraction of sp³-hybridized carbons (Fsp3) is 0.450. The first-order chi connectivity index (χ1) is 13.2. The van der Waals surface area contributed by atoms with Crippen molar-refractivity contribution in [2.45, 2.75) is 26.1 Å². The number of amides is 1. The maximum absolute atomic E-state index is 12.5. The third kappa shape index (κ3) is 4.26. The van der Waals surface area contributed by atoms with Crippen LogP contribution in [0.25, 0.3) is 0 Å². The van der Waals surface area contributed by atoms with E-state index in [1.165, 1.54) is 0 Å². The number of hydrogen-bond acceptors (Lipinski definition) is 6. The molecule has 7 nitrogen and oxygen atoms in total. The Labute approximate surface area is 158 Å². The quantitative estimate of drug-likeness (QED) is 0.836. The molecule has 0 aliphatic carbocycles. The summed E-state index contributed by atoms with van der Waals surface area (Å²) in [7, 11) is 0. The topological polar surface area (TPSA) is 67.2 Å². The van der Waals surface area contributed by atoms with E-state index >= 15 is 0 Å². The van der Waals surface area contributed by atoms with Gasteiger partial charge in [-0.05, 0) is 36.8 Å². The molecular formula is C20H25N3O4. The Morgan fingerprint density at radius 3 is 2.74 bits per heavy atom. The van der Waals surface area contributed by atoms with Crippen molar-refractivity contribution in [2.75, 3.05) is 33.0 Å². The third-order valence-corrected chi connectivity index (χ3v) is 5.20. The van der Waals surface area contributed by atoms with E-state index in [9.17, 15) is 4.79 Å². The van der Waals surface area contributed by atoms with Gasteiger partial charge in [-0.25, -0.2) is 0 Å². The lowest BCUT2D eigenvalue weighted by atomic mass is 10.1. The van der Waals surface area contributed by atoms with Crippen LogP contribution in [0, 0.1) is 0 Å². The number of furan rings is 1. The first kappa shape index (κ1) is 17.9. The van der Waals surface area contributed by atoms with Crippen LogP contribution in [0.4, 0.5) is 0 Å². The van der Waals surface area contributed by atoms with Crippen molar-refractivity contribution < 1.29 is 18.7 Å². The summed E-state index contributed by atoms with van der Waals surface area (Å²) in [5.74, 6) is 2.53. The molecule has 1 N–H and O–H groups in total. The zero-order valence-corrected chi connectivity index (χ0v) is 15.5. The van der Waals surface area contributed by atoms with E-state index in [1.54, 1.807) is 6.26 Å². The summed E-state index contributed by atoms with van der Waals surface area (Å²) in [6.45, 7) is 7.15. The lowest BCUT2D eigenvalue weighted by Gasteiger charge is -2.37. The average Bonchev–Trinajstić information content (AvgIpc) is 3.37. The van der Waals surface area contributed by atoms with Crippen LogP contribution >= 0.6 is 0 Å². The Hall–Kier alpha value is -2.51. The van der Waals surface area contributed by atoms with Crippen LogP contribution in [0.3, 0.4) is 0 Å². The molecule has 0 saturated carbocycles. The molecule has 1 amide bonds. The first-order valence-corrected chi connectivity index (χ1v) is 9.34. The Bertz CT molecular complexity index is 770. The Kier molecular flexibility index (Phi) is 5.31. The molecule has 1 unspecified atom stereocenters. The Morgan fingerprint density at radius 1 is 1.15 bits per heavy atom. The molecule has 0 spiro atoms. The van der Waals surface area contributed by atoms with Crippen LogP contribution in [0.2, 0.25) is 0 Å². The number of carbonyl (C=O) groups is 1. The predicted molar refractivity (Wildman–Crippen MR) is 99.4 cm³/mol. The molecule has 144 valence electrons. The summed E-state index contributed by atoms with van der Waals surface area (Å²) in [6, 6.07) is 9.51. The van der Waals surface area contributed by atoms with E-state index in [1.807, 2.05) is 37.3 Å². The number of fused-ring (bicyclic) bond motifs is 1. The minimum atomic E-state index is -0.148. The first-order valence-electron chi connectivity index (χ1n) is 9.34. The van der Waals surface area contributed by atoms with Gasteiger partial charge in [0.05, 0.1) is 18.8 Å². The molecule has 1 aromatic heterocycles. The van der Waals surface area contributed by atoms with Crippen LogP contribution in [0.1, 0.15) is 18.2 Å². The summed E-state index contributed by atoms with van der Waals surface area (Å²) < 4.78 is 16.1. The van der Waals surface area contributed by atoms with Crippen LogP contribution < -0.4 is 14.8 Å². The third-order valence-electron chi connectivity index (χ3n) is 5.20. The van der Waals surface area contributed by atoms with Crippen molar-refractivity contribution in [3.63, 3.8) is 0 Å². The van der Waals surface area contributed by atoms with Gasteiger partial charge in [0.25, 0.3) is 0 Å². The molecular weight excluding hydrogens is 346 g/mol. The van der Waals surface area contributed by atoms with Gasteiger partial charge in [0.15, 0.2) is 11.5 Å². The second-order valence-electron chi connectivity index (χ2n) is 6.97. The van der Waals surface area contributed by atoms with Crippen LogP contribution in [0.15, 0.2) is 41.0 Å². The van der Waals surface area contributed by atoms with Gasteiger partial charge >= 0.3 is 0 Å². The average molecular weight is 371 g/mol. The second kappa shape index (κ2) is 8.02. The molecule has 3 heterocycles. The number of carbonyl (C=O) groups excluding carboxylic acids is 1. The monoisotopic (exact) mass is 371 g/mol. The highest BCUT2D eigenvalue weighted by Crippen LogP contribution is 2.32. The minimum absolute atomic E-state index is 0.0483. The summed E-state index contributed by atoms with van der Waals surface area (Å²) in [4.78, 5) is 17.1. The van der Waals surface area contributed by atoms with Crippen molar-refractivity contribution in [3.05, 3.63) is 47.9 Å². The van der Waals surface area contributed by atoms with Gasteiger partial charge in [0.1, 0.15) is 5.76 Å². The van der Waals surface area contributed by atoms with E-state index < -0.39 is 0 Å².